The molecule has 0 aromatic carbocycles. The molecule has 2 aliphatic heterocycles. The third-order valence-corrected chi connectivity index (χ3v) is 4.88. The first-order valence-electron chi connectivity index (χ1n) is 8.04. The zero-order valence-corrected chi connectivity index (χ0v) is 14.4. The van der Waals surface area contributed by atoms with Crippen molar-refractivity contribution in [2.75, 3.05) is 50.9 Å². The van der Waals surface area contributed by atoms with Crippen LogP contribution in [0.3, 0.4) is 0 Å². The van der Waals surface area contributed by atoms with E-state index < -0.39 is 5.60 Å². The molecule has 9 nitrogen and oxygen atoms in total. The van der Waals surface area contributed by atoms with Gasteiger partial charge in [-0.3, -0.25) is 4.79 Å². The maximum Gasteiger partial charge on any atom is 0.275 e. The van der Waals surface area contributed by atoms with E-state index in [4.69, 9.17) is 9.47 Å². The van der Waals surface area contributed by atoms with Crippen molar-refractivity contribution in [1.82, 2.24) is 24.5 Å². The minimum absolute atomic E-state index is 0.115. The van der Waals surface area contributed by atoms with E-state index in [9.17, 15) is 4.79 Å². The van der Waals surface area contributed by atoms with E-state index in [0.717, 1.165) is 12.2 Å². The van der Waals surface area contributed by atoms with Crippen molar-refractivity contribution in [1.29, 1.82) is 0 Å². The number of hydrogen-bond acceptors (Lipinski definition) is 9. The number of nitrogens with zero attached hydrogens (tertiary/aromatic N) is 6. The maximum atomic E-state index is 12.6. The maximum absolute atomic E-state index is 12.6. The average molecular weight is 362 g/mol. The first-order valence-corrected chi connectivity index (χ1v) is 8.87. The largest absolute Gasteiger partial charge is 0.376 e. The highest BCUT2D eigenvalue weighted by Gasteiger charge is 2.42. The summed E-state index contributed by atoms with van der Waals surface area (Å²) in [6, 6.07) is 0. The summed E-state index contributed by atoms with van der Waals surface area (Å²) in [6.07, 6.45) is 5.06. The first kappa shape index (κ1) is 16.3. The number of aromatic nitrogens is 4. The monoisotopic (exact) mass is 362 g/mol. The second kappa shape index (κ2) is 6.98. The van der Waals surface area contributed by atoms with Crippen LogP contribution in [0.5, 0.6) is 0 Å². The van der Waals surface area contributed by atoms with E-state index in [2.05, 4.69) is 24.5 Å². The molecule has 25 heavy (non-hydrogen) atoms. The van der Waals surface area contributed by atoms with E-state index >= 15 is 0 Å². The molecule has 1 amide bonds. The minimum Gasteiger partial charge on any atom is -0.376 e. The molecule has 1 spiro atoms. The molecule has 2 aliphatic rings. The standard InChI is InChI=1S/C15H18N6O3S/c22-14(13-7-25-19-18-13)21-2-4-24-15(9-21)8-20(1-3-23-10-15)12-5-16-11-17-6-12/h5-7,11H,1-4,8-10H2. The van der Waals surface area contributed by atoms with Crippen LogP contribution in [0.25, 0.3) is 0 Å². The number of ether oxygens (including phenoxy) is 2. The number of carbonyl (C=O) groups is 1. The fraction of sp³-hybridized carbons (Fsp3) is 0.533. The quantitative estimate of drug-likeness (QED) is 0.741. The molecule has 4 heterocycles. The van der Waals surface area contributed by atoms with Crippen molar-refractivity contribution < 1.29 is 14.3 Å². The van der Waals surface area contributed by atoms with Gasteiger partial charge in [-0.1, -0.05) is 4.49 Å². The third kappa shape index (κ3) is 3.46. The van der Waals surface area contributed by atoms with Crippen LogP contribution >= 0.6 is 11.5 Å². The van der Waals surface area contributed by atoms with Gasteiger partial charge < -0.3 is 19.3 Å². The highest BCUT2D eigenvalue weighted by Crippen LogP contribution is 2.26. The predicted octanol–water partition coefficient (Wildman–Crippen LogP) is 0.0761. The lowest BCUT2D eigenvalue weighted by Gasteiger charge is -2.43. The van der Waals surface area contributed by atoms with Crippen molar-refractivity contribution in [3.8, 4) is 0 Å². The lowest BCUT2D eigenvalue weighted by atomic mass is 10.0. The van der Waals surface area contributed by atoms with Crippen LogP contribution in [0.4, 0.5) is 5.69 Å². The smallest absolute Gasteiger partial charge is 0.275 e. The minimum atomic E-state index is -0.580. The molecule has 2 aromatic heterocycles. The molecule has 1 unspecified atom stereocenters. The molecule has 0 radical (unpaired) electrons. The van der Waals surface area contributed by atoms with Gasteiger partial charge in [0.15, 0.2) is 5.69 Å². The van der Waals surface area contributed by atoms with Gasteiger partial charge in [0.1, 0.15) is 11.9 Å². The Balaban J connectivity index is 1.53. The average Bonchev–Trinajstić information content (AvgIpc) is 3.12. The molecular formula is C15H18N6O3S. The van der Waals surface area contributed by atoms with Crippen LogP contribution in [0.1, 0.15) is 10.5 Å². The van der Waals surface area contributed by atoms with Gasteiger partial charge in [-0.25, -0.2) is 9.97 Å². The van der Waals surface area contributed by atoms with Crippen LogP contribution in [0, 0.1) is 0 Å². The Labute approximate surface area is 148 Å². The molecule has 1 atom stereocenters. The summed E-state index contributed by atoms with van der Waals surface area (Å²) >= 11 is 1.17. The molecule has 2 aromatic rings. The van der Waals surface area contributed by atoms with Crippen molar-refractivity contribution in [2.45, 2.75) is 5.60 Å². The molecule has 10 heteroatoms. The van der Waals surface area contributed by atoms with E-state index in [1.165, 1.54) is 17.9 Å². The van der Waals surface area contributed by atoms with Crippen LogP contribution in [-0.2, 0) is 9.47 Å². The fourth-order valence-corrected chi connectivity index (χ4v) is 3.63. The Bertz CT molecular complexity index is 715. The molecule has 4 rings (SSSR count). The SMILES string of the molecule is O=C(c1csnn1)N1CCOC2(COCCN(c3cncnc3)C2)C1. The number of carbonyl (C=O) groups excluding carboxylic acids is 1. The molecule has 2 saturated heterocycles. The van der Waals surface area contributed by atoms with Crippen molar-refractivity contribution in [2.24, 2.45) is 0 Å². The highest BCUT2D eigenvalue weighted by molar-refractivity contribution is 7.03. The zero-order valence-electron chi connectivity index (χ0n) is 13.6. The van der Waals surface area contributed by atoms with Crippen molar-refractivity contribution in [3.63, 3.8) is 0 Å². The lowest BCUT2D eigenvalue weighted by Crippen LogP contribution is -2.60. The Morgan fingerprint density at radius 2 is 2.08 bits per heavy atom. The van der Waals surface area contributed by atoms with E-state index in [1.54, 1.807) is 22.7 Å². The van der Waals surface area contributed by atoms with Gasteiger partial charge in [0.05, 0.1) is 51.0 Å². The summed E-state index contributed by atoms with van der Waals surface area (Å²) in [6.45, 7) is 3.81. The predicted molar refractivity (Wildman–Crippen MR) is 89.6 cm³/mol. The summed E-state index contributed by atoms with van der Waals surface area (Å²) < 4.78 is 15.7. The van der Waals surface area contributed by atoms with Gasteiger partial charge in [0.25, 0.3) is 5.91 Å². The van der Waals surface area contributed by atoms with Crippen molar-refractivity contribution in [3.05, 3.63) is 29.8 Å². The summed E-state index contributed by atoms with van der Waals surface area (Å²) in [4.78, 5) is 24.7. The third-order valence-electron chi connectivity index (χ3n) is 4.38. The zero-order chi connectivity index (χ0) is 17.1. The molecule has 132 valence electrons. The van der Waals surface area contributed by atoms with Gasteiger partial charge in [-0.15, -0.1) is 5.10 Å². The topological polar surface area (TPSA) is 93.6 Å². The number of morpholine rings is 1. The second-order valence-electron chi connectivity index (χ2n) is 6.12. The normalized spacial score (nSPS) is 24.3. The molecule has 0 aliphatic carbocycles. The molecule has 0 saturated carbocycles. The van der Waals surface area contributed by atoms with Gasteiger partial charge in [0, 0.05) is 18.5 Å². The lowest BCUT2D eigenvalue weighted by molar-refractivity contribution is -0.124. The molecule has 0 bridgehead atoms. The van der Waals surface area contributed by atoms with Gasteiger partial charge >= 0.3 is 0 Å². The first-order chi connectivity index (χ1) is 12.3. The summed E-state index contributed by atoms with van der Waals surface area (Å²) in [5.41, 5.74) is 0.719. The van der Waals surface area contributed by atoms with E-state index in [-0.39, 0.29) is 5.91 Å². The van der Waals surface area contributed by atoms with Crippen LogP contribution in [0.15, 0.2) is 24.1 Å². The Kier molecular flexibility index (Phi) is 4.55. The van der Waals surface area contributed by atoms with E-state index in [1.807, 2.05) is 0 Å². The van der Waals surface area contributed by atoms with E-state index in [0.29, 0.717) is 45.1 Å². The van der Waals surface area contributed by atoms with Gasteiger partial charge in [0.2, 0.25) is 0 Å². The molecular weight excluding hydrogens is 344 g/mol. The Hall–Kier alpha value is -2.17. The van der Waals surface area contributed by atoms with Crippen LogP contribution in [0.2, 0.25) is 0 Å². The summed E-state index contributed by atoms with van der Waals surface area (Å²) in [5.74, 6) is -0.115. The van der Waals surface area contributed by atoms with Crippen LogP contribution < -0.4 is 4.90 Å². The number of hydrogen-bond donors (Lipinski definition) is 0. The van der Waals surface area contributed by atoms with Crippen LogP contribution in [-0.4, -0.2) is 82.0 Å². The molecule has 0 N–H and O–H groups in total. The summed E-state index contributed by atoms with van der Waals surface area (Å²) in [7, 11) is 0. The number of amides is 1. The van der Waals surface area contributed by atoms with Crippen molar-refractivity contribution >= 4 is 23.1 Å². The van der Waals surface area contributed by atoms with Gasteiger partial charge in [-0.2, -0.15) is 0 Å². The Morgan fingerprint density at radius 3 is 2.88 bits per heavy atom. The summed E-state index contributed by atoms with van der Waals surface area (Å²) in [5, 5.41) is 5.55. The second-order valence-corrected chi connectivity index (χ2v) is 6.73. The fourth-order valence-electron chi connectivity index (χ4n) is 3.20. The number of rotatable bonds is 2. The molecule has 2 fully saturated rings. The highest BCUT2D eigenvalue weighted by atomic mass is 32.1. The van der Waals surface area contributed by atoms with Gasteiger partial charge in [-0.05, 0) is 11.5 Å². The Morgan fingerprint density at radius 1 is 1.20 bits per heavy atom. The number of anilines is 1.